The van der Waals surface area contributed by atoms with E-state index in [0.717, 1.165) is 32.3 Å². The van der Waals surface area contributed by atoms with Crippen LogP contribution in [0.4, 0.5) is 30.6 Å². The Hall–Kier alpha value is -3.41. The SMILES string of the molecule is C.CCN1CCN(C(=O)c2ccc(Nc3ncc(C(F)(F)F)c(N[C@@H]4CCC[C@@H]4C(=O)NC(C)C)n3)cc2)CC1. The van der Waals surface area contributed by atoms with E-state index < -0.39 is 23.7 Å². The molecule has 1 aromatic heterocycles. The maximum Gasteiger partial charge on any atom is 0.421 e. The number of rotatable bonds is 8. The van der Waals surface area contributed by atoms with E-state index in [1.165, 1.54) is 0 Å². The minimum Gasteiger partial charge on any atom is -0.366 e. The zero-order chi connectivity index (χ0) is 28.2. The van der Waals surface area contributed by atoms with E-state index in [1.54, 1.807) is 24.3 Å². The highest BCUT2D eigenvalue weighted by atomic mass is 19.4. The summed E-state index contributed by atoms with van der Waals surface area (Å²) in [6.07, 6.45) is -2.05. The predicted octanol–water partition coefficient (Wildman–Crippen LogP) is 4.76. The fourth-order valence-electron chi connectivity index (χ4n) is 5.05. The first-order chi connectivity index (χ1) is 18.5. The Morgan fingerprint density at radius 3 is 2.35 bits per heavy atom. The van der Waals surface area contributed by atoms with Crippen LogP contribution in [0.15, 0.2) is 30.5 Å². The van der Waals surface area contributed by atoms with Crippen molar-refractivity contribution in [1.29, 1.82) is 0 Å². The average molecular weight is 564 g/mol. The number of benzene rings is 1. The number of aromatic nitrogens is 2. The van der Waals surface area contributed by atoms with E-state index in [0.29, 0.717) is 37.2 Å². The summed E-state index contributed by atoms with van der Waals surface area (Å²) in [4.78, 5) is 37.6. The number of halogens is 3. The van der Waals surface area contributed by atoms with Crippen LogP contribution >= 0.6 is 0 Å². The summed E-state index contributed by atoms with van der Waals surface area (Å²) < 4.78 is 41.3. The minimum absolute atomic E-state index is 0. The van der Waals surface area contributed by atoms with Crippen molar-refractivity contribution in [2.75, 3.05) is 43.4 Å². The molecule has 0 radical (unpaired) electrons. The molecule has 2 heterocycles. The van der Waals surface area contributed by atoms with Gasteiger partial charge in [-0.1, -0.05) is 20.8 Å². The maximum absolute atomic E-state index is 13.8. The molecule has 0 unspecified atom stereocenters. The second-order valence-corrected chi connectivity index (χ2v) is 10.3. The fourth-order valence-corrected chi connectivity index (χ4v) is 5.05. The van der Waals surface area contributed by atoms with Gasteiger partial charge in [-0.15, -0.1) is 0 Å². The number of hydrogen-bond donors (Lipinski definition) is 3. The number of carbonyl (C=O) groups excluding carboxylic acids is 2. The van der Waals surface area contributed by atoms with Gasteiger partial charge in [0.1, 0.15) is 11.4 Å². The number of nitrogens with one attached hydrogen (secondary N) is 3. The minimum atomic E-state index is -4.67. The molecule has 3 N–H and O–H groups in total. The highest BCUT2D eigenvalue weighted by Gasteiger charge is 2.39. The number of likely N-dealkylation sites (N-methyl/N-ethyl adjacent to an activating group) is 1. The normalized spacial score (nSPS) is 19.7. The molecule has 1 aliphatic carbocycles. The quantitative estimate of drug-likeness (QED) is 0.426. The summed E-state index contributed by atoms with van der Waals surface area (Å²) in [5, 5.41) is 8.67. The summed E-state index contributed by atoms with van der Waals surface area (Å²) in [6, 6.07) is 6.16. The monoisotopic (exact) mass is 563 g/mol. The number of carbonyl (C=O) groups is 2. The van der Waals surface area contributed by atoms with Crippen LogP contribution in [0.1, 0.15) is 63.4 Å². The van der Waals surface area contributed by atoms with Crippen LogP contribution in [0, 0.1) is 5.92 Å². The maximum atomic E-state index is 13.8. The van der Waals surface area contributed by atoms with Gasteiger partial charge in [-0.2, -0.15) is 18.2 Å². The lowest BCUT2D eigenvalue weighted by atomic mass is 10.0. The molecule has 2 aliphatic rings. The summed E-state index contributed by atoms with van der Waals surface area (Å²) in [6.45, 7) is 9.76. The van der Waals surface area contributed by atoms with Crippen LogP contribution < -0.4 is 16.0 Å². The first-order valence-corrected chi connectivity index (χ1v) is 13.4. The molecule has 4 rings (SSSR count). The van der Waals surface area contributed by atoms with Gasteiger partial charge in [0.2, 0.25) is 11.9 Å². The highest BCUT2D eigenvalue weighted by molar-refractivity contribution is 5.94. The Morgan fingerprint density at radius 2 is 1.75 bits per heavy atom. The van der Waals surface area contributed by atoms with Crippen LogP contribution in [0.5, 0.6) is 0 Å². The van der Waals surface area contributed by atoms with Gasteiger partial charge < -0.3 is 25.8 Å². The largest absolute Gasteiger partial charge is 0.421 e. The van der Waals surface area contributed by atoms with Crippen molar-refractivity contribution in [3.8, 4) is 0 Å². The van der Waals surface area contributed by atoms with Gasteiger partial charge in [0.25, 0.3) is 5.91 Å². The van der Waals surface area contributed by atoms with Crippen molar-refractivity contribution in [2.24, 2.45) is 5.92 Å². The molecule has 12 heteroatoms. The van der Waals surface area contributed by atoms with Gasteiger partial charge in [0, 0.05) is 55.7 Å². The molecule has 1 saturated heterocycles. The Kier molecular flexibility index (Phi) is 10.3. The van der Waals surface area contributed by atoms with E-state index in [9.17, 15) is 22.8 Å². The molecule has 220 valence electrons. The van der Waals surface area contributed by atoms with Crippen LogP contribution in [0.2, 0.25) is 0 Å². The standard InChI is InChI=1S/C27H36F3N7O2.CH4/c1-4-36-12-14-37(15-13-36)25(39)18-8-10-19(11-9-18)33-26-31-16-21(27(28,29)30)23(35-26)34-22-7-5-6-20(22)24(38)32-17(2)3;/h8-11,16-17,20,22H,4-7,12-15H2,1-3H3,(H,32,38)(H2,31,33,34,35);1H4/t20-,22+;/m0./s1. The third kappa shape index (κ3) is 7.61. The molecule has 2 amide bonds. The lowest BCUT2D eigenvalue weighted by Crippen LogP contribution is -2.48. The fraction of sp³-hybridized carbons (Fsp3) is 0.571. The van der Waals surface area contributed by atoms with Crippen LogP contribution in [0.3, 0.4) is 0 Å². The molecule has 0 spiro atoms. The zero-order valence-electron chi connectivity index (χ0n) is 22.5. The number of anilines is 3. The summed E-state index contributed by atoms with van der Waals surface area (Å²) in [5.41, 5.74) is 0.0725. The molecule has 1 aromatic carbocycles. The highest BCUT2D eigenvalue weighted by Crippen LogP contribution is 2.36. The lowest BCUT2D eigenvalue weighted by Gasteiger charge is -2.34. The summed E-state index contributed by atoms with van der Waals surface area (Å²) in [5.74, 6) is -1.08. The van der Waals surface area contributed by atoms with E-state index in [4.69, 9.17) is 0 Å². The molecular weight excluding hydrogens is 523 g/mol. The lowest BCUT2D eigenvalue weighted by molar-refractivity contribution is -0.137. The van der Waals surface area contributed by atoms with Gasteiger partial charge in [0.15, 0.2) is 0 Å². The van der Waals surface area contributed by atoms with E-state index in [1.807, 2.05) is 18.7 Å². The van der Waals surface area contributed by atoms with Gasteiger partial charge in [-0.05, 0) is 57.5 Å². The Bertz CT molecular complexity index is 1150. The molecular formula is C28H40F3N7O2. The van der Waals surface area contributed by atoms with Crippen LogP contribution in [-0.2, 0) is 11.0 Å². The number of amides is 2. The molecule has 9 nitrogen and oxygen atoms in total. The average Bonchev–Trinajstić information content (AvgIpc) is 3.36. The number of hydrogen-bond acceptors (Lipinski definition) is 7. The van der Waals surface area contributed by atoms with E-state index in [-0.39, 0.29) is 37.0 Å². The number of nitrogens with zero attached hydrogens (tertiary/aromatic N) is 4. The summed E-state index contributed by atoms with van der Waals surface area (Å²) in [7, 11) is 0. The van der Waals surface area contributed by atoms with Crippen molar-refractivity contribution in [3.05, 3.63) is 41.6 Å². The Balaban J connectivity index is 0.00000441. The second-order valence-electron chi connectivity index (χ2n) is 10.3. The van der Waals surface area contributed by atoms with E-state index in [2.05, 4.69) is 37.7 Å². The first kappa shape index (κ1) is 31.1. The van der Waals surface area contributed by atoms with Crippen molar-refractivity contribution in [3.63, 3.8) is 0 Å². The topological polar surface area (TPSA) is 102 Å². The molecule has 40 heavy (non-hydrogen) atoms. The Labute approximate surface area is 233 Å². The number of alkyl halides is 3. The second kappa shape index (κ2) is 13.3. The van der Waals surface area contributed by atoms with Crippen LogP contribution in [0.25, 0.3) is 0 Å². The van der Waals surface area contributed by atoms with Gasteiger partial charge in [-0.25, -0.2) is 4.98 Å². The zero-order valence-corrected chi connectivity index (χ0v) is 22.5. The van der Waals surface area contributed by atoms with Gasteiger partial charge >= 0.3 is 6.18 Å². The van der Waals surface area contributed by atoms with E-state index >= 15 is 0 Å². The third-order valence-corrected chi connectivity index (χ3v) is 7.19. The first-order valence-electron chi connectivity index (χ1n) is 13.4. The van der Waals surface area contributed by atoms with Crippen LogP contribution in [-0.4, -0.2) is 76.4 Å². The molecule has 2 aromatic rings. The van der Waals surface area contributed by atoms with Crippen molar-refractivity contribution in [2.45, 2.75) is 65.7 Å². The van der Waals surface area contributed by atoms with Crippen molar-refractivity contribution >= 4 is 29.3 Å². The van der Waals surface area contributed by atoms with Gasteiger partial charge in [0.05, 0.1) is 5.92 Å². The smallest absolute Gasteiger partial charge is 0.366 e. The predicted molar refractivity (Wildman–Crippen MR) is 150 cm³/mol. The summed E-state index contributed by atoms with van der Waals surface area (Å²) >= 11 is 0. The molecule has 1 aliphatic heterocycles. The van der Waals surface area contributed by atoms with Crippen molar-refractivity contribution in [1.82, 2.24) is 25.1 Å². The molecule has 1 saturated carbocycles. The third-order valence-electron chi connectivity index (χ3n) is 7.19. The van der Waals surface area contributed by atoms with Gasteiger partial charge in [-0.3, -0.25) is 9.59 Å². The number of piperazine rings is 1. The molecule has 0 bridgehead atoms. The van der Waals surface area contributed by atoms with Crippen molar-refractivity contribution < 1.29 is 22.8 Å². The molecule has 2 fully saturated rings. The Morgan fingerprint density at radius 1 is 1.07 bits per heavy atom. The molecule has 2 atom stereocenters.